The second-order valence-electron chi connectivity index (χ2n) is 5.53. The highest BCUT2D eigenvalue weighted by Crippen LogP contribution is 2.23. The molecule has 104 valence electrons. The largest absolute Gasteiger partial charge is 0.393 e. The van der Waals surface area contributed by atoms with E-state index >= 15 is 0 Å². The van der Waals surface area contributed by atoms with Crippen LogP contribution in [0, 0.1) is 11.8 Å². The fourth-order valence-corrected chi connectivity index (χ4v) is 2.31. The van der Waals surface area contributed by atoms with Crippen molar-refractivity contribution in [2.75, 3.05) is 0 Å². The van der Waals surface area contributed by atoms with Crippen LogP contribution in [-0.2, 0) is 0 Å². The lowest BCUT2D eigenvalue weighted by Crippen LogP contribution is -2.34. The molecule has 2 heteroatoms. The van der Waals surface area contributed by atoms with Gasteiger partial charge in [0.15, 0.2) is 0 Å². The molecule has 0 amide bonds. The molecule has 0 radical (unpaired) electrons. The molecule has 0 aromatic carbocycles. The van der Waals surface area contributed by atoms with Crippen molar-refractivity contribution in [2.45, 2.75) is 84.8 Å². The fourth-order valence-electron chi connectivity index (χ4n) is 2.31. The van der Waals surface area contributed by atoms with E-state index in [2.05, 4.69) is 20.8 Å². The minimum atomic E-state index is -0.363. The first-order chi connectivity index (χ1) is 8.04. The van der Waals surface area contributed by atoms with Gasteiger partial charge in [-0.05, 0) is 18.8 Å². The Morgan fingerprint density at radius 2 is 1.41 bits per heavy atom. The molecule has 0 bridgehead atoms. The molecule has 0 saturated carbocycles. The van der Waals surface area contributed by atoms with Gasteiger partial charge in [0.25, 0.3) is 0 Å². The maximum absolute atomic E-state index is 10.2. The lowest BCUT2D eigenvalue weighted by Gasteiger charge is -2.28. The van der Waals surface area contributed by atoms with Gasteiger partial charge in [-0.3, -0.25) is 0 Å². The van der Waals surface area contributed by atoms with Crippen molar-refractivity contribution in [3.8, 4) is 0 Å². The second-order valence-corrected chi connectivity index (χ2v) is 5.53. The van der Waals surface area contributed by atoms with Crippen LogP contribution < -0.4 is 0 Å². The molecule has 0 unspecified atom stereocenters. The van der Waals surface area contributed by atoms with Crippen LogP contribution in [0.3, 0.4) is 0 Å². The smallest absolute Gasteiger partial charge is 0.0615 e. The summed E-state index contributed by atoms with van der Waals surface area (Å²) >= 11 is 0. The summed E-state index contributed by atoms with van der Waals surface area (Å²) in [6.45, 7) is 8.40. The topological polar surface area (TPSA) is 40.5 Å². The van der Waals surface area contributed by atoms with Crippen molar-refractivity contribution in [3.63, 3.8) is 0 Å². The van der Waals surface area contributed by atoms with E-state index in [0.29, 0.717) is 5.92 Å². The molecule has 0 aromatic rings. The third-order valence-electron chi connectivity index (χ3n) is 3.85. The number of aliphatic hydroxyl groups is 2. The second kappa shape index (κ2) is 9.90. The molecular formula is C15H32O2. The van der Waals surface area contributed by atoms with Gasteiger partial charge in [-0.15, -0.1) is 0 Å². The Hall–Kier alpha value is -0.0800. The SMILES string of the molecule is CCCCC[C@H](O)[C@@H](C)[C@H](O)[C@@H](C)CCCC. The summed E-state index contributed by atoms with van der Waals surface area (Å²) in [6.07, 6.45) is 6.93. The Bertz CT molecular complexity index is 170. The van der Waals surface area contributed by atoms with E-state index in [4.69, 9.17) is 0 Å². The van der Waals surface area contributed by atoms with E-state index in [1.165, 1.54) is 19.3 Å². The van der Waals surface area contributed by atoms with Crippen LogP contribution in [0.1, 0.15) is 72.6 Å². The molecule has 0 heterocycles. The number of unbranched alkanes of at least 4 members (excludes halogenated alkanes) is 3. The van der Waals surface area contributed by atoms with Gasteiger partial charge in [0.2, 0.25) is 0 Å². The molecule has 0 fully saturated rings. The third-order valence-corrected chi connectivity index (χ3v) is 3.85. The number of hydrogen-bond acceptors (Lipinski definition) is 2. The van der Waals surface area contributed by atoms with Crippen molar-refractivity contribution in [1.82, 2.24) is 0 Å². The number of rotatable bonds is 10. The van der Waals surface area contributed by atoms with Gasteiger partial charge in [0.05, 0.1) is 12.2 Å². The summed E-state index contributed by atoms with van der Waals surface area (Å²) in [5.41, 5.74) is 0. The first-order valence-corrected chi connectivity index (χ1v) is 7.40. The molecule has 17 heavy (non-hydrogen) atoms. The zero-order chi connectivity index (χ0) is 13.3. The van der Waals surface area contributed by atoms with Crippen LogP contribution in [0.15, 0.2) is 0 Å². The van der Waals surface area contributed by atoms with Gasteiger partial charge in [-0.1, -0.05) is 59.8 Å². The standard InChI is InChI=1S/C15H32O2/c1-5-7-9-11-14(16)13(4)15(17)12(3)10-8-6-2/h12-17H,5-11H2,1-4H3/t12-,13+,14-,15+/m0/s1. The maximum atomic E-state index is 10.2. The van der Waals surface area contributed by atoms with Crippen molar-refractivity contribution in [1.29, 1.82) is 0 Å². The molecular weight excluding hydrogens is 212 g/mol. The average Bonchev–Trinajstić information content (AvgIpc) is 2.34. The van der Waals surface area contributed by atoms with Gasteiger partial charge in [-0.25, -0.2) is 0 Å². The normalized spacial score (nSPS) is 18.7. The molecule has 0 aliphatic heterocycles. The quantitative estimate of drug-likeness (QED) is 0.575. The first kappa shape index (κ1) is 16.9. The summed E-state index contributed by atoms with van der Waals surface area (Å²) in [6, 6.07) is 0. The van der Waals surface area contributed by atoms with Gasteiger partial charge in [0, 0.05) is 5.92 Å². The minimum absolute atomic E-state index is 0.00119. The molecule has 2 nitrogen and oxygen atoms in total. The Morgan fingerprint density at radius 3 is 1.94 bits per heavy atom. The average molecular weight is 244 g/mol. The van der Waals surface area contributed by atoms with E-state index < -0.39 is 0 Å². The number of aliphatic hydroxyl groups excluding tert-OH is 2. The zero-order valence-electron chi connectivity index (χ0n) is 12.2. The first-order valence-electron chi connectivity index (χ1n) is 7.40. The summed E-state index contributed by atoms with van der Waals surface area (Å²) in [4.78, 5) is 0. The highest BCUT2D eigenvalue weighted by atomic mass is 16.3. The van der Waals surface area contributed by atoms with E-state index in [1.54, 1.807) is 0 Å². The number of hydrogen-bond donors (Lipinski definition) is 2. The highest BCUT2D eigenvalue weighted by Gasteiger charge is 2.26. The minimum Gasteiger partial charge on any atom is -0.393 e. The lowest BCUT2D eigenvalue weighted by molar-refractivity contribution is -0.0123. The highest BCUT2D eigenvalue weighted by molar-refractivity contribution is 4.76. The Balaban J connectivity index is 3.95. The maximum Gasteiger partial charge on any atom is 0.0615 e. The van der Waals surface area contributed by atoms with Crippen LogP contribution in [-0.4, -0.2) is 22.4 Å². The van der Waals surface area contributed by atoms with Crippen LogP contribution in [0.5, 0.6) is 0 Å². The van der Waals surface area contributed by atoms with E-state index in [1.807, 2.05) is 6.92 Å². The van der Waals surface area contributed by atoms with Gasteiger partial charge < -0.3 is 10.2 Å². The van der Waals surface area contributed by atoms with Gasteiger partial charge >= 0.3 is 0 Å². The summed E-state index contributed by atoms with van der Waals surface area (Å²) < 4.78 is 0. The van der Waals surface area contributed by atoms with Crippen LogP contribution in [0.2, 0.25) is 0 Å². The van der Waals surface area contributed by atoms with E-state index in [-0.39, 0.29) is 18.1 Å². The third kappa shape index (κ3) is 7.05. The van der Waals surface area contributed by atoms with Crippen LogP contribution in [0.4, 0.5) is 0 Å². The summed E-state index contributed by atoms with van der Waals surface area (Å²) in [5, 5.41) is 20.2. The molecule has 4 atom stereocenters. The zero-order valence-corrected chi connectivity index (χ0v) is 12.2. The van der Waals surface area contributed by atoms with Gasteiger partial charge in [0.1, 0.15) is 0 Å². The molecule has 0 rings (SSSR count). The van der Waals surface area contributed by atoms with E-state index in [0.717, 1.165) is 25.7 Å². The molecule has 0 aliphatic carbocycles. The molecule has 0 saturated heterocycles. The monoisotopic (exact) mass is 244 g/mol. The lowest BCUT2D eigenvalue weighted by atomic mass is 9.85. The Labute approximate surface area is 107 Å². The van der Waals surface area contributed by atoms with Crippen molar-refractivity contribution in [3.05, 3.63) is 0 Å². The Kier molecular flexibility index (Phi) is 9.85. The molecule has 0 aliphatic rings. The summed E-state index contributed by atoms with van der Waals surface area (Å²) in [7, 11) is 0. The van der Waals surface area contributed by atoms with Crippen LogP contribution >= 0.6 is 0 Å². The molecule has 2 N–H and O–H groups in total. The van der Waals surface area contributed by atoms with Gasteiger partial charge in [-0.2, -0.15) is 0 Å². The molecule has 0 aromatic heterocycles. The van der Waals surface area contributed by atoms with Crippen LogP contribution in [0.25, 0.3) is 0 Å². The molecule has 0 spiro atoms. The van der Waals surface area contributed by atoms with Crippen molar-refractivity contribution < 1.29 is 10.2 Å². The predicted octanol–water partition coefficient (Wildman–Crippen LogP) is 3.75. The summed E-state index contributed by atoms with van der Waals surface area (Å²) in [5.74, 6) is 0.296. The fraction of sp³-hybridized carbons (Fsp3) is 1.00. The van der Waals surface area contributed by atoms with Crippen molar-refractivity contribution in [2.24, 2.45) is 11.8 Å². The van der Waals surface area contributed by atoms with Crippen molar-refractivity contribution >= 4 is 0 Å². The predicted molar refractivity (Wildman–Crippen MR) is 74.0 cm³/mol. The van der Waals surface area contributed by atoms with E-state index in [9.17, 15) is 10.2 Å². The Morgan fingerprint density at radius 1 is 0.824 bits per heavy atom.